The molecule has 3 aromatic carbocycles. The number of carbonyl (C=O) groups is 1. The molecule has 0 amide bonds. The number of hydroxylamine groups is 2. The number of hydrogen-bond donors (Lipinski definition) is 0. The van der Waals surface area contributed by atoms with Gasteiger partial charge in [-0.2, -0.15) is 5.06 Å². The summed E-state index contributed by atoms with van der Waals surface area (Å²) in [5.74, 6) is 0.440. The van der Waals surface area contributed by atoms with E-state index in [0.717, 1.165) is 22.4 Å². The van der Waals surface area contributed by atoms with Crippen molar-refractivity contribution in [1.82, 2.24) is 5.06 Å². The third kappa shape index (κ3) is 8.50. The van der Waals surface area contributed by atoms with E-state index in [9.17, 15) is 4.79 Å². The Balaban J connectivity index is 2.09. The molecule has 0 radical (unpaired) electrons. The molecule has 0 spiro atoms. The molecular weight excluding hydrogens is 506 g/mol. The zero-order valence-corrected chi connectivity index (χ0v) is 25.3. The van der Waals surface area contributed by atoms with Gasteiger partial charge in [0, 0.05) is 0 Å². The molecule has 0 aliphatic heterocycles. The van der Waals surface area contributed by atoms with Gasteiger partial charge in [-0.05, 0) is 47.0 Å². The van der Waals surface area contributed by atoms with Gasteiger partial charge in [-0.25, -0.2) is 0 Å². The minimum Gasteiger partial charge on any atom is -0.497 e. The van der Waals surface area contributed by atoms with Gasteiger partial charge < -0.3 is 18.7 Å². The van der Waals surface area contributed by atoms with Crippen molar-refractivity contribution in [3.05, 3.63) is 102 Å². The fraction of sp³-hybridized carbons (Fsp3) is 0.406. The van der Waals surface area contributed by atoms with E-state index in [4.69, 9.17) is 18.7 Å². The number of carbonyl (C=O) groups excluding carboxylic acids is 1. The van der Waals surface area contributed by atoms with Crippen LogP contribution in [-0.4, -0.2) is 40.2 Å². The number of esters is 1. The number of ether oxygens (including phenoxy) is 3. The largest absolute Gasteiger partial charge is 0.497 e. The standard InChI is InChI=1S/C32H43NO5Si/c1-32(2,3)39(6,7)38-33(29(22-31(34)36-5)27-18-20-28(35-4)21-19-27)30(26-16-12-9-13-17-26)24-37-23-25-14-10-8-11-15-25/h8-21,29-30H,22-24H2,1-7H3/t29?,30-/m0/s1. The number of hydrogen-bond acceptors (Lipinski definition) is 6. The van der Waals surface area contributed by atoms with Crippen LogP contribution in [0.3, 0.4) is 0 Å². The van der Waals surface area contributed by atoms with E-state index in [1.807, 2.05) is 65.7 Å². The Labute approximate surface area is 234 Å². The first kappa shape index (κ1) is 30.6. The second-order valence-corrected chi connectivity index (χ2v) is 15.9. The Hall–Kier alpha value is -2.97. The molecule has 3 rings (SSSR count). The van der Waals surface area contributed by atoms with E-state index in [1.54, 1.807) is 7.11 Å². The van der Waals surface area contributed by atoms with Crippen LogP contribution in [0.1, 0.15) is 56.0 Å². The van der Waals surface area contributed by atoms with E-state index in [0.29, 0.717) is 13.2 Å². The van der Waals surface area contributed by atoms with Crippen molar-refractivity contribution in [1.29, 1.82) is 0 Å². The Kier molecular flexibility index (Phi) is 10.9. The van der Waals surface area contributed by atoms with Crippen LogP contribution in [0, 0.1) is 0 Å². The molecule has 0 bridgehead atoms. The molecule has 0 saturated heterocycles. The summed E-state index contributed by atoms with van der Waals surface area (Å²) in [5.41, 5.74) is 3.08. The highest BCUT2D eigenvalue weighted by Crippen LogP contribution is 2.42. The van der Waals surface area contributed by atoms with Gasteiger partial charge in [0.25, 0.3) is 0 Å². The zero-order valence-electron chi connectivity index (χ0n) is 24.3. The quantitative estimate of drug-likeness (QED) is 0.125. The van der Waals surface area contributed by atoms with Gasteiger partial charge in [0.15, 0.2) is 0 Å². The lowest BCUT2D eigenvalue weighted by Gasteiger charge is -2.45. The molecule has 0 fully saturated rings. The van der Waals surface area contributed by atoms with Crippen LogP contribution in [0.25, 0.3) is 0 Å². The van der Waals surface area contributed by atoms with Crippen molar-refractivity contribution in [2.24, 2.45) is 0 Å². The lowest BCUT2D eigenvalue weighted by atomic mass is 9.99. The molecule has 2 atom stereocenters. The summed E-state index contributed by atoms with van der Waals surface area (Å²) < 4.78 is 24.0. The van der Waals surface area contributed by atoms with E-state index in [-0.39, 0.29) is 23.5 Å². The second-order valence-electron chi connectivity index (χ2n) is 11.2. The summed E-state index contributed by atoms with van der Waals surface area (Å²) in [6.07, 6.45) is 0.124. The number of methoxy groups -OCH3 is 2. The van der Waals surface area contributed by atoms with Crippen LogP contribution in [0.2, 0.25) is 18.1 Å². The Morgan fingerprint density at radius 1 is 0.821 bits per heavy atom. The summed E-state index contributed by atoms with van der Waals surface area (Å²) >= 11 is 0. The van der Waals surface area contributed by atoms with Gasteiger partial charge in [-0.1, -0.05) is 93.6 Å². The first-order valence-corrected chi connectivity index (χ1v) is 16.3. The zero-order chi connectivity index (χ0) is 28.5. The molecule has 0 aliphatic rings. The minimum absolute atomic E-state index is 0.0624. The average molecular weight is 550 g/mol. The molecule has 0 aliphatic carbocycles. The van der Waals surface area contributed by atoms with Crippen LogP contribution in [0.4, 0.5) is 0 Å². The summed E-state index contributed by atoms with van der Waals surface area (Å²) in [5, 5.41) is 1.95. The molecule has 6 nitrogen and oxygen atoms in total. The third-order valence-corrected chi connectivity index (χ3v) is 11.7. The molecule has 0 aromatic heterocycles. The van der Waals surface area contributed by atoms with Crippen molar-refractivity contribution in [2.75, 3.05) is 20.8 Å². The first-order chi connectivity index (χ1) is 18.6. The van der Waals surface area contributed by atoms with E-state index in [2.05, 4.69) is 58.1 Å². The maximum atomic E-state index is 12.8. The average Bonchev–Trinajstić information content (AvgIpc) is 2.93. The number of nitrogens with zero attached hydrogens (tertiary/aromatic N) is 1. The molecule has 210 valence electrons. The Bertz CT molecular complexity index is 1150. The first-order valence-electron chi connectivity index (χ1n) is 13.4. The predicted octanol–water partition coefficient (Wildman–Crippen LogP) is 7.50. The number of benzene rings is 3. The summed E-state index contributed by atoms with van der Waals surface area (Å²) in [6, 6.07) is 27.4. The maximum Gasteiger partial charge on any atom is 0.307 e. The van der Waals surface area contributed by atoms with Crippen molar-refractivity contribution in [3.8, 4) is 5.75 Å². The van der Waals surface area contributed by atoms with Gasteiger partial charge in [-0.15, -0.1) is 0 Å². The van der Waals surface area contributed by atoms with Crippen molar-refractivity contribution < 1.29 is 23.5 Å². The van der Waals surface area contributed by atoms with Gasteiger partial charge in [0.05, 0.1) is 45.9 Å². The van der Waals surface area contributed by atoms with Crippen LogP contribution >= 0.6 is 0 Å². The predicted molar refractivity (Wildman–Crippen MR) is 158 cm³/mol. The van der Waals surface area contributed by atoms with Crippen molar-refractivity contribution in [3.63, 3.8) is 0 Å². The Morgan fingerprint density at radius 3 is 1.92 bits per heavy atom. The van der Waals surface area contributed by atoms with Crippen LogP contribution in [0.15, 0.2) is 84.9 Å². The monoisotopic (exact) mass is 549 g/mol. The number of rotatable bonds is 13. The van der Waals surface area contributed by atoms with Crippen LogP contribution in [0.5, 0.6) is 5.75 Å². The highest BCUT2D eigenvalue weighted by atomic mass is 28.4. The molecule has 0 heterocycles. The Morgan fingerprint density at radius 2 is 1.38 bits per heavy atom. The molecule has 0 N–H and O–H groups in total. The fourth-order valence-corrected chi connectivity index (χ4v) is 5.08. The topological polar surface area (TPSA) is 57.2 Å². The maximum absolute atomic E-state index is 12.8. The molecule has 7 heteroatoms. The highest BCUT2D eigenvalue weighted by Gasteiger charge is 2.43. The van der Waals surface area contributed by atoms with Crippen molar-refractivity contribution >= 4 is 14.3 Å². The van der Waals surface area contributed by atoms with Gasteiger partial charge in [0.2, 0.25) is 8.32 Å². The lowest BCUT2D eigenvalue weighted by Crippen LogP contribution is -2.50. The highest BCUT2D eigenvalue weighted by molar-refractivity contribution is 6.74. The lowest BCUT2D eigenvalue weighted by molar-refractivity contribution is -0.174. The second kappa shape index (κ2) is 13.9. The van der Waals surface area contributed by atoms with Crippen molar-refractivity contribution in [2.45, 2.75) is 64.0 Å². The van der Waals surface area contributed by atoms with E-state index < -0.39 is 14.4 Å². The summed E-state index contributed by atoms with van der Waals surface area (Å²) in [4.78, 5) is 12.8. The third-order valence-electron chi connectivity index (χ3n) is 7.41. The van der Waals surface area contributed by atoms with Crippen LogP contribution in [-0.2, 0) is 25.4 Å². The molecular formula is C32H43NO5Si. The van der Waals surface area contributed by atoms with Crippen LogP contribution < -0.4 is 4.74 Å². The smallest absolute Gasteiger partial charge is 0.307 e. The summed E-state index contributed by atoms with van der Waals surface area (Å²) in [7, 11) is 0.715. The normalized spacial score (nSPS) is 13.6. The molecule has 1 unspecified atom stereocenters. The van der Waals surface area contributed by atoms with E-state index in [1.165, 1.54) is 7.11 Å². The molecule has 0 saturated carbocycles. The summed E-state index contributed by atoms with van der Waals surface area (Å²) in [6.45, 7) is 11.9. The van der Waals surface area contributed by atoms with Gasteiger partial charge in [0.1, 0.15) is 5.75 Å². The van der Waals surface area contributed by atoms with Gasteiger partial charge in [-0.3, -0.25) is 4.79 Å². The van der Waals surface area contributed by atoms with E-state index >= 15 is 0 Å². The van der Waals surface area contributed by atoms with Gasteiger partial charge >= 0.3 is 5.97 Å². The minimum atomic E-state index is -2.35. The fourth-order valence-electron chi connectivity index (χ4n) is 4.02. The molecule has 3 aromatic rings. The SMILES string of the molecule is COC(=O)CC(c1ccc(OC)cc1)N(O[Si](C)(C)C(C)(C)C)[C@@H](COCc1ccccc1)c1ccccc1. The molecule has 39 heavy (non-hydrogen) atoms.